The lowest BCUT2D eigenvalue weighted by molar-refractivity contribution is 0.0596. The van der Waals surface area contributed by atoms with Crippen LogP contribution in [0.5, 0.6) is 0 Å². The van der Waals surface area contributed by atoms with E-state index in [9.17, 15) is 13.2 Å². The minimum atomic E-state index is -3.53. The van der Waals surface area contributed by atoms with Gasteiger partial charge in [-0.25, -0.2) is 13.2 Å². The maximum absolute atomic E-state index is 11.5. The van der Waals surface area contributed by atoms with Crippen LogP contribution in [-0.4, -0.2) is 27.8 Å². The molecule has 1 rings (SSSR count). The van der Waals surface area contributed by atoms with E-state index < -0.39 is 15.8 Å². The zero-order valence-electron chi connectivity index (χ0n) is 8.45. The molecule has 4 nitrogen and oxygen atoms in total. The predicted octanol–water partition coefficient (Wildman–Crippen LogP) is 2.29. The highest BCUT2D eigenvalue weighted by Gasteiger charge is 2.24. The lowest BCUT2D eigenvalue weighted by Gasteiger charge is -2.09. The number of ether oxygens (including phenoxy) is 1. The van der Waals surface area contributed by atoms with Crippen LogP contribution in [0.2, 0.25) is 5.02 Å². The van der Waals surface area contributed by atoms with Gasteiger partial charge in [-0.15, -0.1) is 0 Å². The van der Waals surface area contributed by atoms with Gasteiger partial charge in [0.05, 0.1) is 22.6 Å². The third-order valence-corrected chi connectivity index (χ3v) is 4.27. The number of halogens is 2. The van der Waals surface area contributed by atoms with Gasteiger partial charge in [0.1, 0.15) is 0 Å². The summed E-state index contributed by atoms with van der Waals surface area (Å²) < 4.78 is 27.8. The Morgan fingerprint density at radius 3 is 2.44 bits per heavy atom. The molecule has 16 heavy (non-hydrogen) atoms. The molecule has 1 aromatic carbocycles. The van der Waals surface area contributed by atoms with Crippen molar-refractivity contribution in [3.8, 4) is 0 Å². The Morgan fingerprint density at radius 2 is 2.00 bits per heavy atom. The molecule has 0 aliphatic carbocycles. The second-order valence-corrected chi connectivity index (χ2v) is 6.21. The highest BCUT2D eigenvalue weighted by molar-refractivity contribution is 9.10. The van der Waals surface area contributed by atoms with Gasteiger partial charge >= 0.3 is 5.97 Å². The molecule has 0 heterocycles. The Balaban J connectivity index is 3.65. The fourth-order valence-electron chi connectivity index (χ4n) is 1.13. The lowest BCUT2D eigenvalue weighted by Crippen LogP contribution is -2.10. The van der Waals surface area contributed by atoms with Gasteiger partial charge in [-0.1, -0.05) is 11.6 Å². The molecular weight excluding hydrogens is 320 g/mol. The third-order valence-electron chi connectivity index (χ3n) is 1.85. The Hall–Kier alpha value is -0.590. The quantitative estimate of drug-likeness (QED) is 0.782. The Bertz CT molecular complexity index is 539. The van der Waals surface area contributed by atoms with Crippen LogP contribution < -0.4 is 0 Å². The first-order valence-electron chi connectivity index (χ1n) is 4.05. The number of methoxy groups -OCH3 is 1. The van der Waals surface area contributed by atoms with Gasteiger partial charge < -0.3 is 4.74 Å². The maximum atomic E-state index is 11.5. The molecule has 0 aliphatic heterocycles. The second kappa shape index (κ2) is 4.73. The zero-order valence-corrected chi connectivity index (χ0v) is 11.6. The van der Waals surface area contributed by atoms with Gasteiger partial charge in [0.15, 0.2) is 9.84 Å². The SMILES string of the molecule is COC(=O)c1c(S(C)(=O)=O)ccc(Br)c1Cl. The molecule has 0 saturated carbocycles. The summed E-state index contributed by atoms with van der Waals surface area (Å²) in [7, 11) is -2.38. The minimum Gasteiger partial charge on any atom is -0.465 e. The molecular formula is C9H8BrClO4S. The molecule has 7 heteroatoms. The fourth-order valence-corrected chi connectivity index (χ4v) is 2.63. The van der Waals surface area contributed by atoms with Gasteiger partial charge in [-0.05, 0) is 28.1 Å². The molecule has 0 amide bonds. The van der Waals surface area contributed by atoms with E-state index in [4.69, 9.17) is 11.6 Å². The summed E-state index contributed by atoms with van der Waals surface area (Å²) in [6.45, 7) is 0. The monoisotopic (exact) mass is 326 g/mol. The number of esters is 1. The van der Waals surface area contributed by atoms with E-state index in [2.05, 4.69) is 20.7 Å². The molecule has 0 aliphatic rings. The van der Waals surface area contributed by atoms with E-state index >= 15 is 0 Å². The number of carbonyl (C=O) groups excluding carboxylic acids is 1. The Kier molecular flexibility index (Phi) is 3.98. The average molecular weight is 328 g/mol. The van der Waals surface area contributed by atoms with Crippen LogP contribution >= 0.6 is 27.5 Å². The van der Waals surface area contributed by atoms with Crippen LogP contribution in [0.1, 0.15) is 10.4 Å². The van der Waals surface area contributed by atoms with Crippen molar-refractivity contribution in [2.45, 2.75) is 4.90 Å². The smallest absolute Gasteiger partial charge is 0.340 e. The second-order valence-electron chi connectivity index (χ2n) is 3.00. The summed E-state index contributed by atoms with van der Waals surface area (Å²) in [6.07, 6.45) is 0.999. The number of carbonyl (C=O) groups is 1. The Labute approximate surface area is 107 Å². The van der Waals surface area contributed by atoms with E-state index in [0.29, 0.717) is 4.47 Å². The summed E-state index contributed by atoms with van der Waals surface area (Å²) in [5, 5.41) is 0.0229. The van der Waals surface area contributed by atoms with Crippen molar-refractivity contribution in [1.29, 1.82) is 0 Å². The van der Waals surface area contributed by atoms with Gasteiger partial charge in [-0.2, -0.15) is 0 Å². The summed E-state index contributed by atoms with van der Waals surface area (Å²) in [5.41, 5.74) is -0.152. The van der Waals surface area contributed by atoms with Crippen molar-refractivity contribution in [2.24, 2.45) is 0 Å². The molecule has 0 spiro atoms. The van der Waals surface area contributed by atoms with Gasteiger partial charge in [-0.3, -0.25) is 0 Å². The first-order chi connectivity index (χ1) is 7.29. The third kappa shape index (κ3) is 2.56. The predicted molar refractivity (Wildman–Crippen MR) is 63.6 cm³/mol. The highest BCUT2D eigenvalue weighted by Crippen LogP contribution is 2.31. The van der Waals surface area contributed by atoms with Gasteiger partial charge in [0, 0.05) is 10.7 Å². The zero-order chi connectivity index (χ0) is 12.5. The van der Waals surface area contributed by atoms with E-state index in [0.717, 1.165) is 13.4 Å². The number of hydrogen-bond acceptors (Lipinski definition) is 4. The first-order valence-corrected chi connectivity index (χ1v) is 7.11. The fraction of sp³-hybridized carbons (Fsp3) is 0.222. The molecule has 0 aromatic heterocycles. The molecule has 0 fully saturated rings. The Morgan fingerprint density at radius 1 is 1.44 bits per heavy atom. The topological polar surface area (TPSA) is 60.4 Å². The molecule has 0 radical (unpaired) electrons. The maximum Gasteiger partial charge on any atom is 0.340 e. The van der Waals surface area contributed by atoms with E-state index in [1.54, 1.807) is 0 Å². The standard InChI is InChI=1S/C9H8BrClO4S/c1-15-9(12)7-6(16(2,13)14)4-3-5(10)8(7)11/h3-4H,1-2H3. The van der Waals surface area contributed by atoms with Crippen molar-refractivity contribution in [3.05, 3.63) is 27.2 Å². The van der Waals surface area contributed by atoms with Crippen molar-refractivity contribution >= 4 is 43.3 Å². The summed E-state index contributed by atoms with van der Waals surface area (Å²) >= 11 is 8.98. The van der Waals surface area contributed by atoms with E-state index in [-0.39, 0.29) is 15.5 Å². The average Bonchev–Trinajstić information content (AvgIpc) is 2.19. The molecule has 0 unspecified atom stereocenters. The lowest BCUT2D eigenvalue weighted by atomic mass is 10.2. The minimum absolute atomic E-state index is 0.0229. The number of benzene rings is 1. The molecule has 88 valence electrons. The number of hydrogen-bond donors (Lipinski definition) is 0. The summed E-state index contributed by atoms with van der Waals surface area (Å²) in [5.74, 6) is -0.785. The van der Waals surface area contributed by atoms with Gasteiger partial charge in [0.2, 0.25) is 0 Å². The first kappa shape index (κ1) is 13.5. The summed E-state index contributed by atoms with van der Waals surface area (Å²) in [6, 6.07) is 2.77. The van der Waals surface area contributed by atoms with Gasteiger partial charge in [0.25, 0.3) is 0 Å². The largest absolute Gasteiger partial charge is 0.465 e. The normalized spacial score (nSPS) is 11.2. The van der Waals surface area contributed by atoms with E-state index in [1.165, 1.54) is 12.1 Å². The van der Waals surface area contributed by atoms with Crippen LogP contribution in [0.15, 0.2) is 21.5 Å². The molecule has 0 bridgehead atoms. The van der Waals surface area contributed by atoms with Crippen LogP contribution in [0.25, 0.3) is 0 Å². The van der Waals surface area contributed by atoms with Crippen LogP contribution in [-0.2, 0) is 14.6 Å². The molecule has 0 saturated heterocycles. The van der Waals surface area contributed by atoms with Crippen molar-refractivity contribution < 1.29 is 17.9 Å². The van der Waals surface area contributed by atoms with Crippen LogP contribution in [0.4, 0.5) is 0 Å². The van der Waals surface area contributed by atoms with Crippen LogP contribution in [0, 0.1) is 0 Å². The number of rotatable bonds is 2. The number of sulfone groups is 1. The molecule has 0 N–H and O–H groups in total. The highest BCUT2D eigenvalue weighted by atomic mass is 79.9. The van der Waals surface area contributed by atoms with Crippen molar-refractivity contribution in [1.82, 2.24) is 0 Å². The van der Waals surface area contributed by atoms with Crippen molar-refractivity contribution in [2.75, 3.05) is 13.4 Å². The van der Waals surface area contributed by atoms with E-state index in [1.807, 2.05) is 0 Å². The van der Waals surface area contributed by atoms with Crippen LogP contribution in [0.3, 0.4) is 0 Å². The van der Waals surface area contributed by atoms with Crippen molar-refractivity contribution in [3.63, 3.8) is 0 Å². The summed E-state index contributed by atoms with van der Waals surface area (Å²) in [4.78, 5) is 11.3. The molecule has 1 aromatic rings. The molecule has 0 atom stereocenters.